The standard InChI is InChI=1S/C11H18N2OS/c1-4-10(11(12)14)13-6-9-5-7(2)8(3)15-9/h5,10,13H,4,6H2,1-3H3,(H2,12,14). The summed E-state index contributed by atoms with van der Waals surface area (Å²) in [4.78, 5) is 13.6. The van der Waals surface area contributed by atoms with Crippen LogP contribution in [0.5, 0.6) is 0 Å². The molecule has 1 aromatic rings. The predicted molar refractivity (Wildman–Crippen MR) is 63.9 cm³/mol. The highest BCUT2D eigenvalue weighted by atomic mass is 32.1. The molecular weight excluding hydrogens is 208 g/mol. The molecule has 84 valence electrons. The van der Waals surface area contributed by atoms with Gasteiger partial charge in [0.1, 0.15) is 0 Å². The van der Waals surface area contributed by atoms with Gasteiger partial charge in [0.25, 0.3) is 0 Å². The number of aryl methyl sites for hydroxylation is 2. The van der Waals surface area contributed by atoms with E-state index in [0.29, 0.717) is 0 Å². The second-order valence-electron chi connectivity index (χ2n) is 3.70. The Balaban J connectivity index is 2.52. The molecule has 3 nitrogen and oxygen atoms in total. The van der Waals surface area contributed by atoms with E-state index in [-0.39, 0.29) is 11.9 Å². The van der Waals surface area contributed by atoms with E-state index in [0.717, 1.165) is 13.0 Å². The molecule has 1 amide bonds. The van der Waals surface area contributed by atoms with Gasteiger partial charge in [0, 0.05) is 16.3 Å². The molecule has 1 rings (SSSR count). The van der Waals surface area contributed by atoms with Crippen LogP contribution in [0.15, 0.2) is 6.07 Å². The van der Waals surface area contributed by atoms with E-state index in [4.69, 9.17) is 5.73 Å². The van der Waals surface area contributed by atoms with Crippen LogP contribution in [-0.4, -0.2) is 11.9 Å². The Morgan fingerprint density at radius 3 is 2.67 bits per heavy atom. The summed E-state index contributed by atoms with van der Waals surface area (Å²) in [5.41, 5.74) is 6.56. The van der Waals surface area contributed by atoms with Gasteiger partial charge in [0.05, 0.1) is 6.04 Å². The third kappa shape index (κ3) is 3.32. The van der Waals surface area contributed by atoms with Crippen LogP contribution in [0.1, 0.15) is 28.7 Å². The van der Waals surface area contributed by atoms with Crippen LogP contribution in [0.4, 0.5) is 0 Å². The molecule has 15 heavy (non-hydrogen) atoms. The summed E-state index contributed by atoms with van der Waals surface area (Å²) in [6.07, 6.45) is 0.735. The molecule has 1 aromatic heterocycles. The van der Waals surface area contributed by atoms with Crippen LogP contribution < -0.4 is 11.1 Å². The summed E-state index contributed by atoms with van der Waals surface area (Å²) in [7, 11) is 0. The van der Waals surface area contributed by atoms with Gasteiger partial charge in [-0.1, -0.05) is 6.92 Å². The summed E-state index contributed by atoms with van der Waals surface area (Å²) in [5, 5.41) is 3.16. The van der Waals surface area contributed by atoms with Gasteiger partial charge in [0.2, 0.25) is 5.91 Å². The third-order valence-electron chi connectivity index (χ3n) is 2.49. The minimum absolute atomic E-state index is 0.215. The van der Waals surface area contributed by atoms with Gasteiger partial charge in [-0.2, -0.15) is 0 Å². The number of primary amides is 1. The smallest absolute Gasteiger partial charge is 0.234 e. The van der Waals surface area contributed by atoms with Gasteiger partial charge in [0.15, 0.2) is 0 Å². The van der Waals surface area contributed by atoms with Crippen molar-refractivity contribution in [1.82, 2.24) is 5.32 Å². The first kappa shape index (κ1) is 12.2. The van der Waals surface area contributed by atoms with E-state index < -0.39 is 0 Å². The summed E-state index contributed by atoms with van der Waals surface area (Å²) in [6.45, 7) is 6.88. The van der Waals surface area contributed by atoms with Crippen molar-refractivity contribution in [3.05, 3.63) is 21.4 Å². The number of hydrogen-bond acceptors (Lipinski definition) is 3. The molecule has 1 heterocycles. The molecule has 0 saturated heterocycles. The summed E-state index contributed by atoms with van der Waals surface area (Å²) >= 11 is 1.76. The Hall–Kier alpha value is -0.870. The zero-order chi connectivity index (χ0) is 11.4. The van der Waals surface area contributed by atoms with Gasteiger partial charge >= 0.3 is 0 Å². The maximum Gasteiger partial charge on any atom is 0.234 e. The van der Waals surface area contributed by atoms with Crippen molar-refractivity contribution in [2.24, 2.45) is 5.73 Å². The lowest BCUT2D eigenvalue weighted by atomic mass is 10.2. The number of hydrogen-bond donors (Lipinski definition) is 2. The molecule has 4 heteroatoms. The highest BCUT2D eigenvalue weighted by Gasteiger charge is 2.12. The molecule has 3 N–H and O–H groups in total. The van der Waals surface area contributed by atoms with E-state index in [2.05, 4.69) is 25.2 Å². The topological polar surface area (TPSA) is 55.1 Å². The average molecular weight is 226 g/mol. The highest BCUT2D eigenvalue weighted by molar-refractivity contribution is 7.12. The van der Waals surface area contributed by atoms with Crippen molar-refractivity contribution in [2.45, 2.75) is 39.8 Å². The molecule has 0 bridgehead atoms. The Morgan fingerprint density at radius 1 is 1.60 bits per heavy atom. The minimum Gasteiger partial charge on any atom is -0.368 e. The van der Waals surface area contributed by atoms with Gasteiger partial charge in [-0.25, -0.2) is 0 Å². The van der Waals surface area contributed by atoms with Gasteiger partial charge in [-0.05, 0) is 31.9 Å². The normalized spacial score (nSPS) is 12.7. The first-order valence-corrected chi connectivity index (χ1v) is 5.94. The fraction of sp³-hybridized carbons (Fsp3) is 0.545. The molecular formula is C11H18N2OS. The molecule has 0 aromatic carbocycles. The summed E-state index contributed by atoms with van der Waals surface area (Å²) < 4.78 is 0. The van der Waals surface area contributed by atoms with Crippen molar-refractivity contribution >= 4 is 17.2 Å². The summed E-state index contributed by atoms with van der Waals surface area (Å²) in [5.74, 6) is -0.275. The maximum atomic E-state index is 11.0. The number of carbonyl (C=O) groups excluding carboxylic acids is 1. The van der Waals surface area contributed by atoms with Crippen molar-refractivity contribution < 1.29 is 4.79 Å². The zero-order valence-electron chi connectivity index (χ0n) is 9.46. The number of carbonyl (C=O) groups is 1. The molecule has 0 radical (unpaired) electrons. The van der Waals surface area contributed by atoms with Gasteiger partial charge < -0.3 is 11.1 Å². The number of thiophene rings is 1. The van der Waals surface area contributed by atoms with E-state index in [1.807, 2.05) is 6.92 Å². The third-order valence-corrected chi connectivity index (χ3v) is 3.64. The van der Waals surface area contributed by atoms with E-state index in [1.54, 1.807) is 11.3 Å². The monoisotopic (exact) mass is 226 g/mol. The number of amides is 1. The first-order valence-electron chi connectivity index (χ1n) is 5.13. The molecule has 0 fully saturated rings. The molecule has 1 atom stereocenters. The molecule has 1 unspecified atom stereocenters. The number of nitrogens with one attached hydrogen (secondary N) is 1. The maximum absolute atomic E-state index is 11.0. The van der Waals surface area contributed by atoms with E-state index in [9.17, 15) is 4.79 Å². The van der Waals surface area contributed by atoms with Gasteiger partial charge in [-0.15, -0.1) is 11.3 Å². The quantitative estimate of drug-likeness (QED) is 0.803. The van der Waals surface area contributed by atoms with Crippen molar-refractivity contribution in [3.63, 3.8) is 0 Å². The lowest BCUT2D eigenvalue weighted by Gasteiger charge is -2.11. The van der Waals surface area contributed by atoms with Crippen LogP contribution in [-0.2, 0) is 11.3 Å². The van der Waals surface area contributed by atoms with Gasteiger partial charge in [-0.3, -0.25) is 4.79 Å². The minimum atomic E-state index is -0.275. The average Bonchev–Trinajstić information content (AvgIpc) is 2.47. The highest BCUT2D eigenvalue weighted by Crippen LogP contribution is 2.20. The SMILES string of the molecule is CCC(NCc1cc(C)c(C)s1)C(N)=O. The second kappa shape index (κ2) is 5.28. The Bertz CT molecular complexity index is 327. The van der Waals surface area contributed by atoms with Crippen LogP contribution in [0.2, 0.25) is 0 Å². The Labute approximate surface area is 94.7 Å². The zero-order valence-corrected chi connectivity index (χ0v) is 10.3. The Morgan fingerprint density at radius 2 is 2.27 bits per heavy atom. The fourth-order valence-corrected chi connectivity index (χ4v) is 2.41. The molecule has 0 aliphatic carbocycles. The fourth-order valence-electron chi connectivity index (χ4n) is 1.41. The van der Waals surface area contributed by atoms with E-state index in [1.165, 1.54) is 15.3 Å². The largest absolute Gasteiger partial charge is 0.368 e. The number of rotatable bonds is 5. The van der Waals surface area contributed by atoms with Crippen LogP contribution in [0.3, 0.4) is 0 Å². The van der Waals surface area contributed by atoms with Crippen LogP contribution in [0, 0.1) is 13.8 Å². The first-order chi connectivity index (χ1) is 7.04. The second-order valence-corrected chi connectivity index (χ2v) is 5.04. The lowest BCUT2D eigenvalue weighted by Crippen LogP contribution is -2.40. The lowest BCUT2D eigenvalue weighted by molar-refractivity contribution is -0.120. The van der Waals surface area contributed by atoms with Crippen molar-refractivity contribution in [1.29, 1.82) is 0 Å². The summed E-state index contributed by atoms with van der Waals surface area (Å²) in [6, 6.07) is 1.94. The number of nitrogens with two attached hydrogens (primary N) is 1. The molecule has 0 aliphatic rings. The van der Waals surface area contributed by atoms with Crippen LogP contribution in [0.25, 0.3) is 0 Å². The molecule has 0 saturated carbocycles. The van der Waals surface area contributed by atoms with Crippen molar-refractivity contribution in [2.75, 3.05) is 0 Å². The Kier molecular flexibility index (Phi) is 4.29. The molecule has 0 aliphatic heterocycles. The van der Waals surface area contributed by atoms with Crippen molar-refractivity contribution in [3.8, 4) is 0 Å². The molecule has 0 spiro atoms. The van der Waals surface area contributed by atoms with E-state index >= 15 is 0 Å². The predicted octanol–water partition coefficient (Wildman–Crippen LogP) is 1.72. The van der Waals surface area contributed by atoms with Crippen LogP contribution >= 0.6 is 11.3 Å².